The van der Waals surface area contributed by atoms with Crippen molar-refractivity contribution in [1.29, 1.82) is 0 Å². The highest BCUT2D eigenvalue weighted by molar-refractivity contribution is 8.00. The van der Waals surface area contributed by atoms with Gasteiger partial charge in [0.05, 0.1) is 5.25 Å². The lowest BCUT2D eigenvalue weighted by molar-refractivity contribution is 0.0994. The minimum atomic E-state index is 0.0616. The number of carbonyl (C=O) groups is 1. The van der Waals surface area contributed by atoms with E-state index in [0.29, 0.717) is 5.92 Å². The lowest BCUT2D eigenvalue weighted by atomic mass is 10.1. The van der Waals surface area contributed by atoms with E-state index in [4.69, 9.17) is 0 Å². The van der Waals surface area contributed by atoms with Gasteiger partial charge in [-0.3, -0.25) is 4.79 Å². The molecule has 0 heterocycles. The summed E-state index contributed by atoms with van der Waals surface area (Å²) in [6.07, 6.45) is 2.20. The van der Waals surface area contributed by atoms with E-state index in [2.05, 4.69) is 32.9 Å². The van der Waals surface area contributed by atoms with Crippen LogP contribution in [0.1, 0.15) is 50.0 Å². The van der Waals surface area contributed by atoms with Gasteiger partial charge in [-0.25, -0.2) is 0 Å². The molecule has 0 saturated heterocycles. The fraction of sp³-hybridized carbons (Fsp3) is 0.562. The first kappa shape index (κ1) is 15.3. The molecule has 2 unspecified atom stereocenters. The Morgan fingerprint density at radius 1 is 1.17 bits per heavy atom. The van der Waals surface area contributed by atoms with Gasteiger partial charge >= 0.3 is 0 Å². The Morgan fingerprint density at radius 3 is 2.28 bits per heavy atom. The van der Waals surface area contributed by atoms with Crippen molar-refractivity contribution in [2.24, 2.45) is 5.92 Å². The molecule has 0 bridgehead atoms. The summed E-state index contributed by atoms with van der Waals surface area (Å²) in [5.41, 5.74) is 2.13. The van der Waals surface area contributed by atoms with Crippen molar-refractivity contribution in [2.45, 2.75) is 45.8 Å². The summed E-state index contributed by atoms with van der Waals surface area (Å²) in [7, 11) is 0. The Labute approximate surface area is 115 Å². The van der Waals surface area contributed by atoms with E-state index in [1.807, 2.05) is 19.1 Å². The molecule has 1 aromatic rings. The standard InChI is InChI=1S/C16H24OS/c1-5-12(3)11-18-13(4)16(17)15-9-7-14(6-2)8-10-15/h7-10,12-13H,5-6,11H2,1-4H3. The highest BCUT2D eigenvalue weighted by Gasteiger charge is 2.16. The maximum atomic E-state index is 12.2. The molecule has 2 atom stereocenters. The normalized spacial score (nSPS) is 14.2. The van der Waals surface area contributed by atoms with Crippen molar-refractivity contribution in [2.75, 3.05) is 5.75 Å². The molecule has 0 saturated carbocycles. The molecule has 2 heteroatoms. The molecule has 100 valence electrons. The van der Waals surface area contributed by atoms with Crippen LogP contribution < -0.4 is 0 Å². The van der Waals surface area contributed by atoms with Crippen LogP contribution in [0.15, 0.2) is 24.3 Å². The molecular weight excluding hydrogens is 240 g/mol. The van der Waals surface area contributed by atoms with E-state index in [1.165, 1.54) is 12.0 Å². The second-order valence-electron chi connectivity index (χ2n) is 4.90. The monoisotopic (exact) mass is 264 g/mol. The van der Waals surface area contributed by atoms with E-state index in [9.17, 15) is 4.79 Å². The number of aryl methyl sites for hydroxylation is 1. The van der Waals surface area contributed by atoms with Crippen LogP contribution >= 0.6 is 11.8 Å². The Bertz CT molecular complexity index is 369. The number of hydrogen-bond donors (Lipinski definition) is 0. The fourth-order valence-corrected chi connectivity index (χ4v) is 2.78. The van der Waals surface area contributed by atoms with Crippen molar-refractivity contribution in [3.63, 3.8) is 0 Å². The molecule has 0 fully saturated rings. The van der Waals surface area contributed by atoms with Crippen LogP contribution in [-0.2, 0) is 6.42 Å². The molecule has 0 spiro atoms. The summed E-state index contributed by atoms with van der Waals surface area (Å²) in [5.74, 6) is 2.01. The Hall–Kier alpha value is -0.760. The lowest BCUT2D eigenvalue weighted by Gasteiger charge is -2.13. The molecule has 18 heavy (non-hydrogen) atoms. The maximum Gasteiger partial charge on any atom is 0.175 e. The van der Waals surface area contributed by atoms with E-state index < -0.39 is 0 Å². The lowest BCUT2D eigenvalue weighted by Crippen LogP contribution is -2.15. The summed E-state index contributed by atoms with van der Waals surface area (Å²) < 4.78 is 0. The molecule has 0 aliphatic heterocycles. The van der Waals surface area contributed by atoms with E-state index in [0.717, 1.165) is 17.7 Å². The largest absolute Gasteiger partial charge is 0.293 e. The molecule has 1 rings (SSSR count). The third-order valence-corrected chi connectivity index (χ3v) is 4.82. The topological polar surface area (TPSA) is 17.1 Å². The highest BCUT2D eigenvalue weighted by atomic mass is 32.2. The van der Waals surface area contributed by atoms with Crippen molar-refractivity contribution < 1.29 is 4.79 Å². The average Bonchev–Trinajstić information content (AvgIpc) is 2.43. The fourth-order valence-electron chi connectivity index (χ4n) is 1.64. The van der Waals surface area contributed by atoms with Crippen LogP contribution in [0.4, 0.5) is 0 Å². The van der Waals surface area contributed by atoms with Crippen LogP contribution in [-0.4, -0.2) is 16.8 Å². The zero-order valence-corrected chi connectivity index (χ0v) is 12.7. The van der Waals surface area contributed by atoms with Gasteiger partial charge in [0.1, 0.15) is 0 Å². The van der Waals surface area contributed by atoms with Crippen molar-refractivity contribution in [3.05, 3.63) is 35.4 Å². The quantitative estimate of drug-likeness (QED) is 0.669. The number of benzene rings is 1. The first-order valence-corrected chi connectivity index (χ1v) is 7.88. The summed E-state index contributed by atoms with van der Waals surface area (Å²) in [4.78, 5) is 12.2. The van der Waals surface area contributed by atoms with Crippen LogP contribution in [0.2, 0.25) is 0 Å². The predicted molar refractivity (Wildman–Crippen MR) is 81.5 cm³/mol. The number of hydrogen-bond acceptors (Lipinski definition) is 2. The van der Waals surface area contributed by atoms with Crippen LogP contribution in [0, 0.1) is 5.92 Å². The van der Waals surface area contributed by atoms with Gasteiger partial charge in [0.2, 0.25) is 0 Å². The Morgan fingerprint density at radius 2 is 1.78 bits per heavy atom. The highest BCUT2D eigenvalue weighted by Crippen LogP contribution is 2.20. The van der Waals surface area contributed by atoms with Gasteiger partial charge in [0.15, 0.2) is 5.78 Å². The zero-order valence-electron chi connectivity index (χ0n) is 11.9. The molecule has 0 aliphatic carbocycles. The first-order chi connectivity index (χ1) is 8.58. The molecule has 0 aliphatic rings. The molecule has 0 N–H and O–H groups in total. The predicted octanol–water partition coefficient (Wildman–Crippen LogP) is 4.60. The van der Waals surface area contributed by atoms with E-state index in [1.54, 1.807) is 11.8 Å². The van der Waals surface area contributed by atoms with Crippen molar-refractivity contribution in [1.82, 2.24) is 0 Å². The summed E-state index contributed by atoms with van der Waals surface area (Å²) in [6.45, 7) is 8.58. The zero-order chi connectivity index (χ0) is 13.5. The molecule has 0 radical (unpaired) electrons. The SMILES string of the molecule is CCc1ccc(C(=O)C(C)SCC(C)CC)cc1. The Balaban J connectivity index is 2.56. The maximum absolute atomic E-state index is 12.2. The van der Waals surface area contributed by atoms with Gasteiger partial charge in [0, 0.05) is 5.56 Å². The molecule has 1 aromatic carbocycles. The van der Waals surface area contributed by atoms with Gasteiger partial charge < -0.3 is 0 Å². The molecule has 1 nitrogen and oxygen atoms in total. The number of thioether (sulfide) groups is 1. The molecule has 0 aromatic heterocycles. The smallest absolute Gasteiger partial charge is 0.175 e. The van der Waals surface area contributed by atoms with Gasteiger partial charge in [-0.2, -0.15) is 11.8 Å². The molecular formula is C16H24OS. The number of rotatable bonds is 7. The average molecular weight is 264 g/mol. The second kappa shape index (κ2) is 7.63. The van der Waals surface area contributed by atoms with Crippen molar-refractivity contribution in [3.8, 4) is 0 Å². The minimum Gasteiger partial charge on any atom is -0.293 e. The first-order valence-electron chi connectivity index (χ1n) is 6.83. The minimum absolute atomic E-state index is 0.0616. The van der Waals surface area contributed by atoms with Crippen LogP contribution in [0.5, 0.6) is 0 Å². The van der Waals surface area contributed by atoms with Crippen molar-refractivity contribution >= 4 is 17.5 Å². The summed E-state index contributed by atoms with van der Waals surface area (Å²) in [5, 5.41) is 0.0616. The molecule has 0 amide bonds. The van der Waals surface area contributed by atoms with E-state index >= 15 is 0 Å². The number of ketones is 1. The van der Waals surface area contributed by atoms with E-state index in [-0.39, 0.29) is 11.0 Å². The summed E-state index contributed by atoms with van der Waals surface area (Å²) in [6, 6.07) is 8.03. The number of Topliss-reactive ketones (excluding diaryl/α,β-unsaturated/α-hetero) is 1. The third kappa shape index (κ3) is 4.49. The number of carbonyl (C=O) groups excluding carboxylic acids is 1. The summed E-state index contributed by atoms with van der Waals surface area (Å²) >= 11 is 1.77. The third-order valence-electron chi connectivity index (χ3n) is 3.34. The van der Waals surface area contributed by atoms with Gasteiger partial charge in [-0.1, -0.05) is 51.5 Å². The Kier molecular flexibility index (Phi) is 6.48. The van der Waals surface area contributed by atoms with Gasteiger partial charge in [-0.15, -0.1) is 0 Å². The second-order valence-corrected chi connectivity index (χ2v) is 6.28. The van der Waals surface area contributed by atoms with Gasteiger partial charge in [0.25, 0.3) is 0 Å². The van der Waals surface area contributed by atoms with Crippen LogP contribution in [0.25, 0.3) is 0 Å². The van der Waals surface area contributed by atoms with Gasteiger partial charge in [-0.05, 0) is 30.6 Å². The van der Waals surface area contributed by atoms with Crippen LogP contribution in [0.3, 0.4) is 0 Å².